The number of hydrogen-bond donors (Lipinski definition) is 1. The summed E-state index contributed by atoms with van der Waals surface area (Å²) in [6.07, 6.45) is 1.62. The fourth-order valence-corrected chi connectivity index (χ4v) is 2.16. The Morgan fingerprint density at radius 3 is 2.89 bits per heavy atom. The molecular formula is C12H8BrFN4. The van der Waals surface area contributed by atoms with E-state index in [-0.39, 0.29) is 11.8 Å². The average Bonchev–Trinajstić information content (AvgIpc) is 2.66. The highest BCUT2D eigenvalue weighted by molar-refractivity contribution is 9.10. The molecule has 0 aliphatic rings. The van der Waals surface area contributed by atoms with Crippen molar-refractivity contribution in [1.29, 1.82) is 0 Å². The van der Waals surface area contributed by atoms with Crippen molar-refractivity contribution < 1.29 is 4.39 Å². The van der Waals surface area contributed by atoms with Crippen molar-refractivity contribution in [1.82, 2.24) is 14.5 Å². The number of aromatic nitrogens is 3. The quantitative estimate of drug-likeness (QED) is 0.752. The maximum Gasteiger partial charge on any atom is 0.207 e. The summed E-state index contributed by atoms with van der Waals surface area (Å²) < 4.78 is 16.1. The van der Waals surface area contributed by atoms with Crippen molar-refractivity contribution in [3.8, 4) is 5.69 Å². The molecule has 0 radical (unpaired) electrons. The van der Waals surface area contributed by atoms with Crippen LogP contribution in [0.25, 0.3) is 16.9 Å². The number of nitrogens with zero attached hydrogens (tertiary/aromatic N) is 3. The Morgan fingerprint density at radius 2 is 2.11 bits per heavy atom. The minimum absolute atomic E-state index is 0.213. The predicted octanol–water partition coefficient (Wildman–Crippen LogP) is 2.90. The van der Waals surface area contributed by atoms with Crippen LogP contribution in [0.2, 0.25) is 0 Å². The van der Waals surface area contributed by atoms with Crippen LogP contribution in [0.3, 0.4) is 0 Å². The van der Waals surface area contributed by atoms with Gasteiger partial charge in [0.25, 0.3) is 0 Å². The number of pyridine rings is 1. The average molecular weight is 307 g/mol. The topological polar surface area (TPSA) is 56.7 Å². The Bertz CT molecular complexity index is 738. The summed E-state index contributed by atoms with van der Waals surface area (Å²) in [5, 5.41) is 0. The van der Waals surface area contributed by atoms with Gasteiger partial charge in [-0.1, -0.05) is 15.9 Å². The molecule has 0 fully saturated rings. The Labute approximate surface area is 110 Å². The molecular weight excluding hydrogens is 299 g/mol. The van der Waals surface area contributed by atoms with Crippen LogP contribution in [0.15, 0.2) is 41.0 Å². The van der Waals surface area contributed by atoms with E-state index in [2.05, 4.69) is 25.9 Å². The third kappa shape index (κ3) is 1.65. The number of rotatable bonds is 1. The van der Waals surface area contributed by atoms with Gasteiger partial charge in [-0.3, -0.25) is 4.57 Å². The minimum Gasteiger partial charge on any atom is -0.369 e. The van der Waals surface area contributed by atoms with Crippen LogP contribution in [0.5, 0.6) is 0 Å². The van der Waals surface area contributed by atoms with E-state index in [9.17, 15) is 4.39 Å². The molecule has 3 aromatic rings. The third-order valence-electron chi connectivity index (χ3n) is 2.59. The van der Waals surface area contributed by atoms with Crippen LogP contribution in [-0.4, -0.2) is 14.5 Å². The van der Waals surface area contributed by atoms with Gasteiger partial charge in [-0.25, -0.2) is 14.4 Å². The molecule has 2 N–H and O–H groups in total. The molecule has 1 aromatic carbocycles. The number of anilines is 1. The number of imidazole rings is 1. The molecule has 0 saturated carbocycles. The Balaban J connectivity index is 2.34. The second-order valence-electron chi connectivity index (χ2n) is 3.75. The summed E-state index contributed by atoms with van der Waals surface area (Å²) in [7, 11) is 0. The van der Waals surface area contributed by atoms with E-state index in [0.717, 1.165) is 0 Å². The van der Waals surface area contributed by atoms with E-state index < -0.39 is 0 Å². The van der Waals surface area contributed by atoms with Gasteiger partial charge in [-0.2, -0.15) is 0 Å². The van der Waals surface area contributed by atoms with Gasteiger partial charge >= 0.3 is 0 Å². The number of halogens is 2. The van der Waals surface area contributed by atoms with Crippen LogP contribution >= 0.6 is 15.9 Å². The summed E-state index contributed by atoms with van der Waals surface area (Å²) >= 11 is 3.22. The molecule has 2 heterocycles. The van der Waals surface area contributed by atoms with Crippen molar-refractivity contribution in [2.75, 3.05) is 5.73 Å². The van der Waals surface area contributed by atoms with Gasteiger partial charge in [0.15, 0.2) is 5.65 Å². The van der Waals surface area contributed by atoms with E-state index in [0.29, 0.717) is 21.3 Å². The second-order valence-corrected chi connectivity index (χ2v) is 4.66. The van der Waals surface area contributed by atoms with Crippen molar-refractivity contribution >= 4 is 33.0 Å². The SMILES string of the molecule is Nc1nc2cccnc2n1-c1ccc(Br)cc1F. The summed E-state index contributed by atoms with van der Waals surface area (Å²) in [6, 6.07) is 8.30. The van der Waals surface area contributed by atoms with Gasteiger partial charge in [-0.15, -0.1) is 0 Å². The Morgan fingerprint density at radius 1 is 1.28 bits per heavy atom. The van der Waals surface area contributed by atoms with Gasteiger partial charge in [-0.05, 0) is 30.3 Å². The molecule has 0 bridgehead atoms. The highest BCUT2D eigenvalue weighted by Gasteiger charge is 2.14. The summed E-state index contributed by atoms with van der Waals surface area (Å²) in [4.78, 5) is 8.34. The first-order chi connectivity index (χ1) is 8.66. The van der Waals surface area contributed by atoms with Crippen LogP contribution in [0.4, 0.5) is 10.3 Å². The van der Waals surface area contributed by atoms with Crippen LogP contribution in [0.1, 0.15) is 0 Å². The number of nitrogens with two attached hydrogens (primary N) is 1. The number of fused-ring (bicyclic) bond motifs is 1. The van der Waals surface area contributed by atoms with E-state index in [4.69, 9.17) is 5.73 Å². The van der Waals surface area contributed by atoms with Gasteiger partial charge < -0.3 is 5.73 Å². The molecule has 0 aliphatic heterocycles. The maximum atomic E-state index is 14.0. The lowest BCUT2D eigenvalue weighted by molar-refractivity contribution is 0.619. The van der Waals surface area contributed by atoms with Crippen molar-refractivity contribution in [2.24, 2.45) is 0 Å². The van der Waals surface area contributed by atoms with Crippen molar-refractivity contribution in [3.05, 3.63) is 46.8 Å². The zero-order valence-electron chi connectivity index (χ0n) is 9.14. The van der Waals surface area contributed by atoms with Crippen LogP contribution in [-0.2, 0) is 0 Å². The van der Waals surface area contributed by atoms with Gasteiger partial charge in [0.1, 0.15) is 11.3 Å². The summed E-state index contributed by atoms with van der Waals surface area (Å²) in [5.41, 5.74) is 7.33. The second kappa shape index (κ2) is 4.06. The van der Waals surface area contributed by atoms with Gasteiger partial charge in [0.2, 0.25) is 5.95 Å². The van der Waals surface area contributed by atoms with Crippen molar-refractivity contribution in [3.63, 3.8) is 0 Å². The van der Waals surface area contributed by atoms with Crippen LogP contribution < -0.4 is 5.73 Å². The van der Waals surface area contributed by atoms with E-state index in [1.165, 1.54) is 10.6 Å². The summed E-state index contributed by atoms with van der Waals surface area (Å²) in [6.45, 7) is 0. The molecule has 0 saturated heterocycles. The normalized spacial score (nSPS) is 11.0. The standard InChI is InChI=1S/C12H8BrFN4/c13-7-3-4-10(8(14)6-7)18-11-9(17-12(18)15)2-1-5-16-11/h1-6H,(H2,15,17). The lowest BCUT2D eigenvalue weighted by Gasteiger charge is -2.07. The smallest absolute Gasteiger partial charge is 0.207 e. The van der Waals surface area contributed by atoms with Crippen LogP contribution in [0, 0.1) is 5.82 Å². The molecule has 4 nitrogen and oxygen atoms in total. The first-order valence-corrected chi connectivity index (χ1v) is 6.00. The number of hydrogen-bond acceptors (Lipinski definition) is 3. The highest BCUT2D eigenvalue weighted by atomic mass is 79.9. The fourth-order valence-electron chi connectivity index (χ4n) is 1.83. The molecule has 6 heteroatoms. The van der Waals surface area contributed by atoms with Crippen molar-refractivity contribution in [2.45, 2.75) is 0 Å². The monoisotopic (exact) mass is 306 g/mol. The highest BCUT2D eigenvalue weighted by Crippen LogP contribution is 2.25. The minimum atomic E-state index is -0.388. The molecule has 2 aromatic heterocycles. The largest absolute Gasteiger partial charge is 0.369 e. The van der Waals surface area contributed by atoms with Gasteiger partial charge in [0.05, 0.1) is 5.69 Å². The fraction of sp³-hybridized carbons (Fsp3) is 0. The molecule has 0 aliphatic carbocycles. The Hall–Kier alpha value is -1.95. The molecule has 3 rings (SSSR count). The number of benzene rings is 1. The van der Waals surface area contributed by atoms with Gasteiger partial charge in [0, 0.05) is 10.7 Å². The molecule has 0 spiro atoms. The summed E-state index contributed by atoms with van der Waals surface area (Å²) in [5.74, 6) is -0.175. The first kappa shape index (κ1) is 11.2. The zero-order chi connectivity index (χ0) is 12.7. The molecule has 0 unspecified atom stereocenters. The van der Waals surface area contributed by atoms with E-state index in [1.54, 1.807) is 30.5 Å². The molecule has 90 valence electrons. The predicted molar refractivity (Wildman–Crippen MR) is 70.9 cm³/mol. The molecule has 0 atom stereocenters. The maximum absolute atomic E-state index is 14.0. The third-order valence-corrected chi connectivity index (χ3v) is 3.09. The molecule has 18 heavy (non-hydrogen) atoms. The first-order valence-electron chi connectivity index (χ1n) is 5.21. The molecule has 0 amide bonds. The lowest BCUT2D eigenvalue weighted by Crippen LogP contribution is -2.03. The van der Waals surface area contributed by atoms with E-state index >= 15 is 0 Å². The lowest BCUT2D eigenvalue weighted by atomic mass is 10.3. The Kier molecular flexibility index (Phi) is 2.52. The number of nitrogen functional groups attached to an aromatic ring is 1. The van der Waals surface area contributed by atoms with E-state index in [1.807, 2.05) is 0 Å². The zero-order valence-corrected chi connectivity index (χ0v) is 10.7.